The fourth-order valence-electron chi connectivity index (χ4n) is 2.73. The van der Waals surface area contributed by atoms with Gasteiger partial charge in [-0.2, -0.15) is 5.06 Å². The molecule has 2 aliphatic rings. The van der Waals surface area contributed by atoms with Gasteiger partial charge in [0.2, 0.25) is 0 Å². The van der Waals surface area contributed by atoms with E-state index in [1.165, 1.54) is 5.06 Å². The second-order valence-electron chi connectivity index (χ2n) is 5.47. The van der Waals surface area contributed by atoms with Gasteiger partial charge in [-0.15, -0.1) is 0 Å². The molecule has 0 radical (unpaired) electrons. The van der Waals surface area contributed by atoms with Crippen molar-refractivity contribution in [2.45, 2.75) is 17.4 Å². The van der Waals surface area contributed by atoms with E-state index in [0.717, 1.165) is 0 Å². The lowest BCUT2D eigenvalue weighted by molar-refractivity contribution is -0.181. The van der Waals surface area contributed by atoms with E-state index in [-0.39, 0.29) is 29.1 Å². The molecule has 0 N–H and O–H groups in total. The van der Waals surface area contributed by atoms with E-state index < -0.39 is 15.4 Å². The van der Waals surface area contributed by atoms with Gasteiger partial charge >= 0.3 is 5.97 Å². The topological polar surface area (TPSA) is 72.9 Å². The summed E-state index contributed by atoms with van der Waals surface area (Å²) in [4.78, 5) is 17.7. The maximum atomic E-state index is 12.3. The number of carbonyl (C=O) groups is 1. The molecule has 3 rings (SSSR count). The predicted octanol–water partition coefficient (Wildman–Crippen LogP) is 0.639. The van der Waals surface area contributed by atoms with Crippen LogP contribution in [-0.4, -0.2) is 50.5 Å². The molecular formula is C14H17NO5S. The van der Waals surface area contributed by atoms with Gasteiger partial charge in [0.1, 0.15) is 5.54 Å². The van der Waals surface area contributed by atoms with Crippen molar-refractivity contribution in [3.63, 3.8) is 0 Å². The first-order valence-corrected chi connectivity index (χ1v) is 8.45. The molecule has 114 valence electrons. The molecule has 2 fully saturated rings. The molecule has 0 aliphatic carbocycles. The highest BCUT2D eigenvalue weighted by molar-refractivity contribution is 7.91. The smallest absolute Gasteiger partial charge is 0.329 e. The maximum absolute atomic E-state index is 12.3. The highest BCUT2D eigenvalue weighted by Crippen LogP contribution is 2.38. The van der Waals surface area contributed by atoms with E-state index in [0.29, 0.717) is 13.2 Å². The van der Waals surface area contributed by atoms with Gasteiger partial charge in [0.05, 0.1) is 23.9 Å². The maximum Gasteiger partial charge on any atom is 0.329 e. The van der Waals surface area contributed by atoms with Gasteiger partial charge in [-0.3, -0.25) is 4.84 Å². The summed E-state index contributed by atoms with van der Waals surface area (Å²) in [6.07, 6.45) is 0. The average molecular weight is 311 g/mol. The molecule has 1 aromatic rings. The number of cyclic esters (lactones) is 1. The number of hydrogen-bond acceptors (Lipinski definition) is 6. The third-order valence-corrected chi connectivity index (χ3v) is 5.95. The zero-order valence-corrected chi connectivity index (χ0v) is 12.5. The van der Waals surface area contributed by atoms with Gasteiger partial charge < -0.3 is 4.74 Å². The fraction of sp³-hybridized carbons (Fsp3) is 0.500. The minimum Gasteiger partial charge on any atom is -0.464 e. The zero-order valence-electron chi connectivity index (χ0n) is 11.7. The zero-order chi connectivity index (χ0) is 15.1. The largest absolute Gasteiger partial charge is 0.464 e. The Hall–Kier alpha value is -1.44. The molecule has 0 aromatic heterocycles. The Morgan fingerprint density at radius 2 is 2.00 bits per heavy atom. The van der Waals surface area contributed by atoms with Gasteiger partial charge in [-0.25, -0.2) is 13.2 Å². The van der Waals surface area contributed by atoms with Gasteiger partial charge in [-0.05, 0) is 19.1 Å². The number of ether oxygens (including phenoxy) is 1. The minimum absolute atomic E-state index is 0.0376. The summed E-state index contributed by atoms with van der Waals surface area (Å²) in [5, 5.41) is 1.47. The summed E-state index contributed by atoms with van der Waals surface area (Å²) in [7, 11) is -3.39. The van der Waals surface area contributed by atoms with Crippen molar-refractivity contribution in [2.75, 3.05) is 25.5 Å². The van der Waals surface area contributed by atoms with Gasteiger partial charge in [0.25, 0.3) is 0 Å². The summed E-state index contributed by atoms with van der Waals surface area (Å²) >= 11 is 0. The van der Waals surface area contributed by atoms with Crippen LogP contribution >= 0.6 is 0 Å². The number of fused-ring (bicyclic) bond motifs is 1. The standard InChI is InChI=1S/C14H17NO5S/c1-14-11(9-19-13(14)16)10-20-15(14)7-8-21(17,18)12-5-3-2-4-6-12/h2-6,11H,7-10H2,1H3/t11-,14+/m1/s1. The van der Waals surface area contributed by atoms with Crippen molar-refractivity contribution >= 4 is 15.8 Å². The summed E-state index contributed by atoms with van der Waals surface area (Å²) in [5.41, 5.74) is -0.869. The van der Waals surface area contributed by atoms with E-state index in [2.05, 4.69) is 0 Å². The molecule has 0 saturated carbocycles. The molecule has 0 bridgehead atoms. The Kier molecular flexibility index (Phi) is 3.51. The summed E-state index contributed by atoms with van der Waals surface area (Å²) in [5.74, 6) is -0.487. The number of benzene rings is 1. The Morgan fingerprint density at radius 3 is 2.71 bits per heavy atom. The van der Waals surface area contributed by atoms with Crippen LogP contribution in [0.1, 0.15) is 6.92 Å². The highest BCUT2D eigenvalue weighted by Gasteiger charge is 2.58. The highest BCUT2D eigenvalue weighted by atomic mass is 32.2. The molecule has 2 aliphatic heterocycles. The molecule has 2 heterocycles. The fourth-order valence-corrected chi connectivity index (χ4v) is 3.94. The van der Waals surface area contributed by atoms with Crippen LogP contribution in [0, 0.1) is 5.92 Å². The van der Waals surface area contributed by atoms with Crippen LogP contribution < -0.4 is 0 Å². The third kappa shape index (κ3) is 2.35. The quantitative estimate of drug-likeness (QED) is 0.760. The van der Waals surface area contributed by atoms with Crippen molar-refractivity contribution in [2.24, 2.45) is 5.92 Å². The molecule has 2 saturated heterocycles. The lowest BCUT2D eigenvalue weighted by Crippen LogP contribution is -2.49. The third-order valence-electron chi connectivity index (χ3n) is 4.24. The number of sulfone groups is 1. The molecule has 0 unspecified atom stereocenters. The molecule has 6 nitrogen and oxygen atoms in total. The van der Waals surface area contributed by atoms with Crippen LogP contribution in [0.25, 0.3) is 0 Å². The number of esters is 1. The Bertz CT molecular complexity index is 645. The second kappa shape index (κ2) is 5.08. The van der Waals surface area contributed by atoms with Crippen molar-refractivity contribution in [3.8, 4) is 0 Å². The lowest BCUT2D eigenvalue weighted by atomic mass is 9.90. The van der Waals surface area contributed by atoms with Crippen molar-refractivity contribution in [3.05, 3.63) is 30.3 Å². The molecule has 21 heavy (non-hydrogen) atoms. The number of hydroxylamine groups is 2. The first-order valence-electron chi connectivity index (χ1n) is 6.80. The van der Waals surface area contributed by atoms with Gasteiger partial charge in [0.15, 0.2) is 9.84 Å². The molecule has 2 atom stereocenters. The molecule has 0 amide bonds. The minimum atomic E-state index is -3.39. The number of nitrogens with zero attached hydrogens (tertiary/aromatic N) is 1. The monoisotopic (exact) mass is 311 g/mol. The van der Waals surface area contributed by atoms with Crippen LogP contribution in [0.4, 0.5) is 0 Å². The van der Waals surface area contributed by atoms with Crippen molar-refractivity contribution < 1.29 is 22.8 Å². The van der Waals surface area contributed by atoms with Gasteiger partial charge in [-0.1, -0.05) is 18.2 Å². The Morgan fingerprint density at radius 1 is 1.29 bits per heavy atom. The van der Waals surface area contributed by atoms with E-state index in [4.69, 9.17) is 9.57 Å². The van der Waals surface area contributed by atoms with Crippen molar-refractivity contribution in [1.29, 1.82) is 0 Å². The molecule has 7 heteroatoms. The number of carbonyl (C=O) groups excluding carboxylic acids is 1. The average Bonchev–Trinajstić information content (AvgIpc) is 2.95. The number of rotatable bonds is 4. The first-order chi connectivity index (χ1) is 9.94. The van der Waals surface area contributed by atoms with Crippen LogP contribution in [0.5, 0.6) is 0 Å². The summed E-state index contributed by atoms with van der Waals surface area (Å²) in [6.45, 7) is 2.60. The van der Waals surface area contributed by atoms with E-state index in [9.17, 15) is 13.2 Å². The molecular weight excluding hydrogens is 294 g/mol. The number of hydrogen-bond donors (Lipinski definition) is 0. The molecule has 1 aromatic carbocycles. The van der Waals surface area contributed by atoms with Crippen LogP contribution in [0.3, 0.4) is 0 Å². The predicted molar refractivity (Wildman–Crippen MR) is 74.0 cm³/mol. The van der Waals surface area contributed by atoms with Crippen LogP contribution in [0.2, 0.25) is 0 Å². The van der Waals surface area contributed by atoms with Crippen molar-refractivity contribution in [1.82, 2.24) is 5.06 Å². The van der Waals surface area contributed by atoms with Gasteiger partial charge in [0, 0.05) is 12.5 Å². The van der Waals surface area contributed by atoms with E-state index >= 15 is 0 Å². The summed E-state index contributed by atoms with van der Waals surface area (Å²) in [6, 6.07) is 8.27. The Labute approximate surface area is 123 Å². The first kappa shape index (κ1) is 14.5. The van der Waals surface area contributed by atoms with Crippen LogP contribution in [-0.2, 0) is 24.2 Å². The van der Waals surface area contributed by atoms with Crippen LogP contribution in [0.15, 0.2) is 35.2 Å². The van der Waals surface area contributed by atoms with E-state index in [1.54, 1.807) is 37.3 Å². The second-order valence-corrected chi connectivity index (χ2v) is 7.58. The molecule has 0 spiro atoms. The SMILES string of the molecule is C[C@@]12C(=O)OC[C@@H]1CON2CCS(=O)(=O)c1ccccc1. The normalized spacial score (nSPS) is 29.4. The van der Waals surface area contributed by atoms with E-state index in [1.807, 2.05) is 0 Å². The Balaban J connectivity index is 1.72. The lowest BCUT2D eigenvalue weighted by Gasteiger charge is -2.28. The summed E-state index contributed by atoms with van der Waals surface area (Å²) < 4.78 is 29.6.